The molecule has 0 amide bonds. The maximum Gasteiger partial charge on any atom is 0.232 e. The summed E-state index contributed by atoms with van der Waals surface area (Å²) in [5.74, 6) is 1.51. The molecule has 2 aromatic carbocycles. The lowest BCUT2D eigenvalue weighted by molar-refractivity contribution is 0.0398. The van der Waals surface area contributed by atoms with Crippen molar-refractivity contribution in [1.82, 2.24) is 14.9 Å². The van der Waals surface area contributed by atoms with Crippen molar-refractivity contribution in [2.75, 3.05) is 56.7 Å². The van der Waals surface area contributed by atoms with E-state index in [4.69, 9.17) is 14.7 Å². The quantitative estimate of drug-likeness (QED) is 0.666. The molecule has 29 heavy (non-hydrogen) atoms. The van der Waals surface area contributed by atoms with Crippen molar-refractivity contribution >= 4 is 17.5 Å². The van der Waals surface area contributed by atoms with Gasteiger partial charge >= 0.3 is 0 Å². The molecule has 0 bridgehead atoms. The minimum atomic E-state index is 0.673. The number of hydrogen-bond donors (Lipinski definition) is 1. The first-order valence-corrected chi connectivity index (χ1v) is 10.1. The molecule has 1 fully saturated rings. The minimum Gasteiger partial charge on any atom is -0.379 e. The maximum atomic E-state index is 5.42. The van der Waals surface area contributed by atoms with Gasteiger partial charge in [0.25, 0.3) is 0 Å². The van der Waals surface area contributed by atoms with Gasteiger partial charge in [-0.05, 0) is 12.1 Å². The molecule has 0 radical (unpaired) electrons. The fraction of sp³-hybridized carbons (Fsp3) is 0.304. The van der Waals surface area contributed by atoms with Crippen LogP contribution in [0.25, 0.3) is 11.3 Å². The van der Waals surface area contributed by atoms with E-state index >= 15 is 0 Å². The molecule has 3 aromatic rings. The highest BCUT2D eigenvalue weighted by Crippen LogP contribution is 2.26. The predicted molar refractivity (Wildman–Crippen MR) is 118 cm³/mol. The van der Waals surface area contributed by atoms with Crippen LogP contribution in [0.15, 0.2) is 66.7 Å². The van der Waals surface area contributed by atoms with E-state index in [9.17, 15) is 0 Å². The van der Waals surface area contributed by atoms with E-state index in [1.807, 2.05) is 54.4 Å². The SMILES string of the molecule is CN(c1ccccc1)c1nc(NCCN2CCOCC2)cc(-c2ccccc2)n1. The summed E-state index contributed by atoms with van der Waals surface area (Å²) in [5, 5.41) is 3.49. The summed E-state index contributed by atoms with van der Waals surface area (Å²) >= 11 is 0. The number of morpholine rings is 1. The van der Waals surface area contributed by atoms with Crippen molar-refractivity contribution in [2.45, 2.75) is 0 Å². The van der Waals surface area contributed by atoms with Crippen LogP contribution in [0.4, 0.5) is 17.5 Å². The fourth-order valence-electron chi connectivity index (χ4n) is 3.37. The highest BCUT2D eigenvalue weighted by molar-refractivity contribution is 5.66. The van der Waals surface area contributed by atoms with Crippen LogP contribution in [0.1, 0.15) is 0 Å². The summed E-state index contributed by atoms with van der Waals surface area (Å²) in [7, 11) is 2.00. The molecule has 0 atom stereocenters. The van der Waals surface area contributed by atoms with Crippen molar-refractivity contribution in [3.05, 3.63) is 66.7 Å². The third-order valence-electron chi connectivity index (χ3n) is 5.07. The molecule has 6 heteroatoms. The van der Waals surface area contributed by atoms with Crippen LogP contribution in [-0.2, 0) is 4.74 Å². The number of rotatable bonds is 7. The molecule has 0 aliphatic carbocycles. The Labute approximate surface area is 172 Å². The Morgan fingerprint density at radius 3 is 2.38 bits per heavy atom. The Balaban J connectivity index is 1.56. The molecule has 1 aliphatic rings. The molecule has 1 N–H and O–H groups in total. The van der Waals surface area contributed by atoms with Crippen LogP contribution in [-0.4, -0.2) is 61.3 Å². The van der Waals surface area contributed by atoms with Gasteiger partial charge in [-0.1, -0.05) is 48.5 Å². The number of anilines is 3. The zero-order chi connectivity index (χ0) is 19.9. The molecule has 0 unspecified atom stereocenters. The first-order valence-electron chi connectivity index (χ1n) is 10.1. The summed E-state index contributed by atoms with van der Waals surface area (Å²) in [6, 6.07) is 22.4. The molecule has 4 rings (SSSR count). The van der Waals surface area contributed by atoms with Crippen LogP contribution >= 0.6 is 0 Å². The molecule has 0 saturated carbocycles. The van der Waals surface area contributed by atoms with E-state index in [0.717, 1.165) is 62.2 Å². The zero-order valence-electron chi connectivity index (χ0n) is 16.8. The van der Waals surface area contributed by atoms with E-state index in [-0.39, 0.29) is 0 Å². The molecule has 2 heterocycles. The lowest BCUT2D eigenvalue weighted by Gasteiger charge is -2.26. The Morgan fingerprint density at radius 2 is 1.66 bits per heavy atom. The van der Waals surface area contributed by atoms with E-state index < -0.39 is 0 Å². The summed E-state index contributed by atoms with van der Waals surface area (Å²) < 4.78 is 5.42. The number of hydrogen-bond acceptors (Lipinski definition) is 6. The molecular weight excluding hydrogens is 362 g/mol. The van der Waals surface area contributed by atoms with Gasteiger partial charge < -0.3 is 15.0 Å². The third kappa shape index (κ3) is 5.10. The van der Waals surface area contributed by atoms with Crippen molar-refractivity contribution < 1.29 is 4.74 Å². The topological polar surface area (TPSA) is 53.5 Å². The second kappa shape index (κ2) is 9.49. The van der Waals surface area contributed by atoms with Gasteiger partial charge in [0.15, 0.2) is 0 Å². The lowest BCUT2D eigenvalue weighted by Crippen LogP contribution is -2.39. The smallest absolute Gasteiger partial charge is 0.232 e. The van der Waals surface area contributed by atoms with Gasteiger partial charge in [-0.25, -0.2) is 4.98 Å². The second-order valence-corrected chi connectivity index (χ2v) is 7.08. The minimum absolute atomic E-state index is 0.673. The van der Waals surface area contributed by atoms with E-state index in [1.165, 1.54) is 0 Å². The van der Waals surface area contributed by atoms with Gasteiger partial charge in [0.2, 0.25) is 5.95 Å². The van der Waals surface area contributed by atoms with E-state index in [2.05, 4.69) is 34.5 Å². The van der Waals surface area contributed by atoms with E-state index in [1.54, 1.807) is 0 Å². The molecule has 6 nitrogen and oxygen atoms in total. The molecule has 1 aliphatic heterocycles. The van der Waals surface area contributed by atoms with Crippen molar-refractivity contribution in [1.29, 1.82) is 0 Å². The van der Waals surface area contributed by atoms with Crippen LogP contribution in [0.5, 0.6) is 0 Å². The largest absolute Gasteiger partial charge is 0.379 e. The lowest BCUT2D eigenvalue weighted by atomic mass is 10.1. The van der Waals surface area contributed by atoms with Gasteiger partial charge in [0, 0.05) is 50.5 Å². The second-order valence-electron chi connectivity index (χ2n) is 7.08. The average Bonchev–Trinajstić information content (AvgIpc) is 2.80. The first kappa shape index (κ1) is 19.4. The zero-order valence-corrected chi connectivity index (χ0v) is 16.8. The Morgan fingerprint density at radius 1 is 0.966 bits per heavy atom. The summed E-state index contributed by atoms with van der Waals surface area (Å²) in [6.07, 6.45) is 0. The third-order valence-corrected chi connectivity index (χ3v) is 5.07. The van der Waals surface area contributed by atoms with Crippen molar-refractivity contribution in [3.63, 3.8) is 0 Å². The van der Waals surface area contributed by atoms with Gasteiger partial charge in [0.1, 0.15) is 5.82 Å². The highest BCUT2D eigenvalue weighted by Gasteiger charge is 2.13. The Hall–Kier alpha value is -2.96. The van der Waals surface area contributed by atoms with Crippen LogP contribution < -0.4 is 10.2 Å². The van der Waals surface area contributed by atoms with Gasteiger partial charge in [0.05, 0.1) is 18.9 Å². The molecule has 0 spiro atoms. The van der Waals surface area contributed by atoms with Crippen molar-refractivity contribution in [2.24, 2.45) is 0 Å². The summed E-state index contributed by atoms with van der Waals surface area (Å²) in [5.41, 5.74) is 3.04. The number of nitrogens with one attached hydrogen (secondary N) is 1. The predicted octanol–water partition coefficient (Wildman–Crippen LogP) is 3.66. The van der Waals surface area contributed by atoms with Crippen LogP contribution in [0.3, 0.4) is 0 Å². The summed E-state index contributed by atoms with van der Waals surface area (Å²) in [6.45, 7) is 5.42. The molecule has 1 saturated heterocycles. The summed E-state index contributed by atoms with van der Waals surface area (Å²) in [4.78, 5) is 14.0. The Kier molecular flexibility index (Phi) is 6.34. The standard InChI is InChI=1S/C23H27N5O/c1-27(20-10-6-3-7-11-20)23-25-21(19-8-4-2-5-9-19)18-22(26-23)24-12-13-28-14-16-29-17-15-28/h2-11,18H,12-17H2,1H3,(H,24,25,26). The van der Waals surface area contributed by atoms with Gasteiger partial charge in [-0.3, -0.25) is 4.90 Å². The first-order chi connectivity index (χ1) is 14.3. The fourth-order valence-corrected chi connectivity index (χ4v) is 3.37. The monoisotopic (exact) mass is 389 g/mol. The number of para-hydroxylation sites is 1. The number of benzene rings is 2. The molecule has 1 aromatic heterocycles. The molecule has 150 valence electrons. The normalized spacial score (nSPS) is 14.5. The van der Waals surface area contributed by atoms with Gasteiger partial charge in [-0.2, -0.15) is 4.98 Å². The van der Waals surface area contributed by atoms with E-state index in [0.29, 0.717) is 5.95 Å². The number of ether oxygens (including phenoxy) is 1. The van der Waals surface area contributed by atoms with Crippen LogP contribution in [0, 0.1) is 0 Å². The maximum absolute atomic E-state index is 5.42. The highest BCUT2D eigenvalue weighted by atomic mass is 16.5. The Bertz CT molecular complexity index is 898. The average molecular weight is 390 g/mol. The molecular formula is C23H27N5O. The van der Waals surface area contributed by atoms with Gasteiger partial charge in [-0.15, -0.1) is 0 Å². The number of nitrogens with zero attached hydrogens (tertiary/aromatic N) is 4. The van der Waals surface area contributed by atoms with Crippen molar-refractivity contribution in [3.8, 4) is 11.3 Å². The van der Waals surface area contributed by atoms with Crippen LogP contribution in [0.2, 0.25) is 0 Å². The number of aromatic nitrogens is 2.